The first-order valence-electron chi connectivity index (χ1n) is 7.01. The highest BCUT2D eigenvalue weighted by Crippen LogP contribution is 2.25. The molecule has 0 radical (unpaired) electrons. The van der Waals surface area contributed by atoms with Gasteiger partial charge in [0.05, 0.1) is 6.54 Å². The smallest absolute Gasteiger partial charge is 0.155 e. The van der Waals surface area contributed by atoms with Crippen LogP contribution in [0.1, 0.15) is 32.1 Å². The molecule has 2 aromatic rings. The van der Waals surface area contributed by atoms with Gasteiger partial charge in [-0.3, -0.25) is 4.79 Å². The van der Waals surface area contributed by atoms with Crippen LogP contribution in [0.15, 0.2) is 30.5 Å². The zero-order valence-corrected chi connectivity index (χ0v) is 10.9. The number of rotatable bonds is 3. The topological polar surface area (TPSA) is 22.0 Å². The molecule has 3 rings (SSSR count). The number of nitrogens with zero attached hydrogens (tertiary/aromatic N) is 1. The fourth-order valence-corrected chi connectivity index (χ4v) is 3.03. The Morgan fingerprint density at radius 2 is 2.00 bits per heavy atom. The summed E-state index contributed by atoms with van der Waals surface area (Å²) in [5, 5.41) is 0.858. The molecule has 1 heterocycles. The number of carbonyl (C=O) groups excluding carboxylic acids is 1. The molecule has 1 aliphatic rings. The number of aromatic nitrogens is 1. The lowest BCUT2D eigenvalue weighted by Gasteiger charge is -2.20. The van der Waals surface area contributed by atoms with Gasteiger partial charge >= 0.3 is 0 Å². The molecule has 0 amide bonds. The average molecular weight is 259 g/mol. The molecule has 1 aromatic carbocycles. The molecule has 0 unspecified atom stereocenters. The van der Waals surface area contributed by atoms with Crippen LogP contribution >= 0.6 is 0 Å². The maximum Gasteiger partial charge on any atom is 0.155 e. The summed E-state index contributed by atoms with van der Waals surface area (Å²) >= 11 is 0. The van der Waals surface area contributed by atoms with Crippen molar-refractivity contribution in [1.29, 1.82) is 0 Å². The van der Waals surface area contributed by atoms with Crippen LogP contribution < -0.4 is 0 Å². The maximum absolute atomic E-state index is 13.1. The minimum absolute atomic E-state index is 0.228. The van der Waals surface area contributed by atoms with Crippen molar-refractivity contribution >= 4 is 16.7 Å². The fraction of sp³-hybridized carbons (Fsp3) is 0.438. The summed E-state index contributed by atoms with van der Waals surface area (Å²) in [4.78, 5) is 12.3. The van der Waals surface area contributed by atoms with E-state index in [0.29, 0.717) is 12.3 Å². The van der Waals surface area contributed by atoms with E-state index in [4.69, 9.17) is 0 Å². The molecule has 0 atom stereocenters. The van der Waals surface area contributed by atoms with Gasteiger partial charge in [0.1, 0.15) is 5.82 Å². The first-order valence-corrected chi connectivity index (χ1v) is 7.01. The molecule has 0 aliphatic heterocycles. The summed E-state index contributed by atoms with van der Waals surface area (Å²) in [5.74, 6) is 0.317. The minimum Gasteiger partial charge on any atom is -0.340 e. The summed E-state index contributed by atoms with van der Waals surface area (Å²) in [5.41, 5.74) is 0.936. The van der Waals surface area contributed by atoms with Crippen molar-refractivity contribution in [2.75, 3.05) is 0 Å². The monoisotopic (exact) mass is 259 g/mol. The van der Waals surface area contributed by atoms with Gasteiger partial charge in [0.15, 0.2) is 5.78 Å². The zero-order chi connectivity index (χ0) is 13.2. The van der Waals surface area contributed by atoms with E-state index >= 15 is 0 Å². The molecule has 19 heavy (non-hydrogen) atoms. The number of hydrogen-bond acceptors (Lipinski definition) is 1. The van der Waals surface area contributed by atoms with Gasteiger partial charge in [-0.1, -0.05) is 19.3 Å². The van der Waals surface area contributed by atoms with Crippen molar-refractivity contribution < 1.29 is 9.18 Å². The third-order valence-corrected chi connectivity index (χ3v) is 4.12. The van der Waals surface area contributed by atoms with Gasteiger partial charge in [-0.05, 0) is 37.1 Å². The summed E-state index contributed by atoms with van der Waals surface area (Å²) in [6.45, 7) is 0.416. The van der Waals surface area contributed by atoms with Gasteiger partial charge in [-0.2, -0.15) is 0 Å². The molecule has 100 valence electrons. The lowest BCUT2D eigenvalue weighted by molar-refractivity contribution is -0.124. The number of benzene rings is 1. The first-order chi connectivity index (χ1) is 9.24. The van der Waals surface area contributed by atoms with Crippen LogP contribution in [0.3, 0.4) is 0 Å². The van der Waals surface area contributed by atoms with Crippen molar-refractivity contribution in [2.24, 2.45) is 5.92 Å². The van der Waals surface area contributed by atoms with Crippen molar-refractivity contribution in [3.05, 3.63) is 36.3 Å². The van der Waals surface area contributed by atoms with Crippen molar-refractivity contribution in [3.63, 3.8) is 0 Å². The van der Waals surface area contributed by atoms with Crippen LogP contribution in [-0.2, 0) is 11.3 Å². The minimum atomic E-state index is -0.233. The Bertz CT molecular complexity index is 596. The molecule has 0 saturated heterocycles. The highest BCUT2D eigenvalue weighted by atomic mass is 19.1. The number of halogens is 1. The number of Topliss-reactive ketones (excluding diaryl/α,β-unsaturated/α-hetero) is 1. The highest BCUT2D eigenvalue weighted by Gasteiger charge is 2.21. The van der Waals surface area contributed by atoms with Crippen LogP contribution in [-0.4, -0.2) is 10.4 Å². The van der Waals surface area contributed by atoms with Gasteiger partial charge in [-0.15, -0.1) is 0 Å². The zero-order valence-electron chi connectivity index (χ0n) is 10.9. The highest BCUT2D eigenvalue weighted by molar-refractivity contribution is 5.85. The van der Waals surface area contributed by atoms with E-state index in [0.717, 1.165) is 23.7 Å². The van der Waals surface area contributed by atoms with Gasteiger partial charge in [0, 0.05) is 23.0 Å². The Labute approximate surface area is 112 Å². The summed E-state index contributed by atoms with van der Waals surface area (Å²) in [7, 11) is 0. The second-order valence-corrected chi connectivity index (χ2v) is 5.45. The number of ketones is 1. The second-order valence-electron chi connectivity index (χ2n) is 5.45. The third-order valence-electron chi connectivity index (χ3n) is 4.12. The SMILES string of the molecule is O=C(Cn1ccc2cc(F)ccc21)C1CCCCC1. The average Bonchev–Trinajstić information content (AvgIpc) is 2.82. The Kier molecular flexibility index (Phi) is 3.36. The molecule has 0 N–H and O–H groups in total. The predicted molar refractivity (Wildman–Crippen MR) is 73.5 cm³/mol. The van der Waals surface area contributed by atoms with Gasteiger partial charge in [0.25, 0.3) is 0 Å². The first kappa shape index (κ1) is 12.4. The number of fused-ring (bicyclic) bond motifs is 1. The van der Waals surface area contributed by atoms with Crippen LogP contribution in [0.25, 0.3) is 10.9 Å². The number of hydrogen-bond donors (Lipinski definition) is 0. The quantitative estimate of drug-likeness (QED) is 0.818. The molecular formula is C16H18FNO. The van der Waals surface area contributed by atoms with E-state index in [9.17, 15) is 9.18 Å². The Morgan fingerprint density at radius 1 is 1.21 bits per heavy atom. The third kappa shape index (κ3) is 2.55. The fourth-order valence-electron chi connectivity index (χ4n) is 3.03. The maximum atomic E-state index is 13.1. The van der Waals surface area contributed by atoms with Crippen LogP contribution in [0.4, 0.5) is 4.39 Å². The van der Waals surface area contributed by atoms with E-state index < -0.39 is 0 Å². The molecule has 1 aromatic heterocycles. The van der Waals surface area contributed by atoms with Crippen LogP contribution in [0.2, 0.25) is 0 Å². The molecule has 2 nitrogen and oxygen atoms in total. The Balaban J connectivity index is 1.79. The summed E-state index contributed by atoms with van der Waals surface area (Å²) in [6.07, 6.45) is 7.56. The molecule has 1 aliphatic carbocycles. The molecule has 1 saturated carbocycles. The standard InChI is InChI=1S/C16H18FNO/c17-14-6-7-15-13(10-14)8-9-18(15)11-16(19)12-4-2-1-3-5-12/h6-10,12H,1-5,11H2. The van der Waals surface area contributed by atoms with Crippen LogP contribution in [0, 0.1) is 11.7 Å². The van der Waals surface area contributed by atoms with E-state index in [1.165, 1.54) is 31.4 Å². The van der Waals surface area contributed by atoms with Gasteiger partial charge in [-0.25, -0.2) is 4.39 Å². The van der Waals surface area contributed by atoms with E-state index in [1.807, 2.05) is 16.8 Å². The van der Waals surface area contributed by atoms with Crippen molar-refractivity contribution in [1.82, 2.24) is 4.57 Å². The molecule has 0 bridgehead atoms. The Morgan fingerprint density at radius 3 is 2.79 bits per heavy atom. The number of carbonyl (C=O) groups is 1. The predicted octanol–water partition coefficient (Wildman–Crippen LogP) is 3.93. The lowest BCUT2D eigenvalue weighted by atomic mass is 9.86. The van der Waals surface area contributed by atoms with Crippen molar-refractivity contribution in [2.45, 2.75) is 38.6 Å². The van der Waals surface area contributed by atoms with Gasteiger partial charge in [0.2, 0.25) is 0 Å². The summed E-state index contributed by atoms with van der Waals surface area (Å²) < 4.78 is 15.1. The van der Waals surface area contributed by atoms with E-state index in [2.05, 4.69) is 0 Å². The normalized spacial score (nSPS) is 16.9. The summed E-state index contributed by atoms with van der Waals surface area (Å²) in [6, 6.07) is 6.58. The van der Waals surface area contributed by atoms with Crippen LogP contribution in [0.5, 0.6) is 0 Å². The largest absolute Gasteiger partial charge is 0.340 e. The van der Waals surface area contributed by atoms with E-state index in [-0.39, 0.29) is 11.7 Å². The molecular weight excluding hydrogens is 241 g/mol. The molecule has 1 fully saturated rings. The second kappa shape index (κ2) is 5.16. The van der Waals surface area contributed by atoms with Gasteiger partial charge < -0.3 is 4.57 Å². The lowest BCUT2D eigenvalue weighted by Crippen LogP contribution is -2.22. The molecule has 3 heteroatoms. The molecule has 0 spiro atoms. The van der Waals surface area contributed by atoms with E-state index in [1.54, 1.807) is 6.07 Å². The Hall–Kier alpha value is -1.64. The van der Waals surface area contributed by atoms with Crippen molar-refractivity contribution in [3.8, 4) is 0 Å².